The zero-order valence-corrected chi connectivity index (χ0v) is 11.7. The van der Waals surface area contributed by atoms with Crippen molar-refractivity contribution >= 4 is 5.91 Å². The van der Waals surface area contributed by atoms with Gasteiger partial charge in [0.05, 0.1) is 6.10 Å². The van der Waals surface area contributed by atoms with E-state index in [1.165, 1.54) is 0 Å². The molecule has 0 aliphatic carbocycles. The minimum absolute atomic E-state index is 0.136. The van der Waals surface area contributed by atoms with Gasteiger partial charge in [-0.1, -0.05) is 13.8 Å². The third kappa shape index (κ3) is 4.23. The van der Waals surface area contributed by atoms with Gasteiger partial charge in [-0.25, -0.2) is 5.90 Å². The molecule has 5 heteroatoms. The normalized spacial score (nSPS) is 22.3. The summed E-state index contributed by atoms with van der Waals surface area (Å²) < 4.78 is 0. The molecule has 0 aromatic rings. The molecule has 3 N–H and O–H groups in total. The Morgan fingerprint density at radius 1 is 1.17 bits per heavy atom. The van der Waals surface area contributed by atoms with Crippen molar-refractivity contribution < 1.29 is 9.63 Å². The SMILES string of the molecule is CC.NOC1CCN(C(=O)C2CCNCC2)CC1. The summed E-state index contributed by atoms with van der Waals surface area (Å²) in [5.74, 6) is 5.72. The van der Waals surface area contributed by atoms with Crippen LogP contribution < -0.4 is 11.2 Å². The van der Waals surface area contributed by atoms with Crippen molar-refractivity contribution in [1.29, 1.82) is 0 Å². The van der Waals surface area contributed by atoms with Crippen LogP contribution in [0.4, 0.5) is 0 Å². The second kappa shape index (κ2) is 8.45. The quantitative estimate of drug-likeness (QED) is 0.721. The number of likely N-dealkylation sites (tertiary alicyclic amines) is 1. The van der Waals surface area contributed by atoms with E-state index in [2.05, 4.69) is 5.32 Å². The van der Waals surface area contributed by atoms with E-state index in [4.69, 9.17) is 10.7 Å². The zero-order valence-electron chi connectivity index (χ0n) is 11.7. The van der Waals surface area contributed by atoms with E-state index >= 15 is 0 Å². The fourth-order valence-corrected chi connectivity index (χ4v) is 2.54. The molecule has 2 heterocycles. The van der Waals surface area contributed by atoms with Crippen LogP contribution in [-0.2, 0) is 9.63 Å². The Morgan fingerprint density at radius 2 is 1.72 bits per heavy atom. The first kappa shape index (κ1) is 15.4. The van der Waals surface area contributed by atoms with E-state index in [0.29, 0.717) is 5.91 Å². The van der Waals surface area contributed by atoms with Crippen LogP contribution in [0, 0.1) is 5.92 Å². The number of hydrogen-bond acceptors (Lipinski definition) is 4. The van der Waals surface area contributed by atoms with E-state index < -0.39 is 0 Å². The van der Waals surface area contributed by atoms with E-state index in [1.807, 2.05) is 18.7 Å². The second-order valence-electron chi connectivity index (χ2n) is 4.69. The summed E-state index contributed by atoms with van der Waals surface area (Å²) >= 11 is 0. The van der Waals surface area contributed by atoms with Gasteiger partial charge in [0.15, 0.2) is 0 Å². The highest BCUT2D eigenvalue weighted by Gasteiger charge is 2.28. The standard InChI is InChI=1S/C11H21N3O2.C2H6/c12-16-10-3-7-14(8-4-10)11(15)9-1-5-13-6-2-9;1-2/h9-10,13H,1-8,12H2;1-2H3. The van der Waals surface area contributed by atoms with Crippen molar-refractivity contribution in [3.8, 4) is 0 Å². The molecule has 2 fully saturated rings. The molecule has 0 unspecified atom stereocenters. The molecule has 0 aromatic carbocycles. The lowest BCUT2D eigenvalue weighted by molar-refractivity contribution is -0.139. The predicted molar refractivity (Wildman–Crippen MR) is 71.8 cm³/mol. The van der Waals surface area contributed by atoms with Gasteiger partial charge in [0.2, 0.25) is 5.91 Å². The van der Waals surface area contributed by atoms with Gasteiger partial charge in [-0.05, 0) is 38.8 Å². The summed E-state index contributed by atoms with van der Waals surface area (Å²) in [6.07, 6.45) is 3.83. The number of carbonyl (C=O) groups is 1. The van der Waals surface area contributed by atoms with Gasteiger partial charge >= 0.3 is 0 Å². The number of nitrogens with zero attached hydrogens (tertiary/aromatic N) is 1. The molecular formula is C13H27N3O2. The Kier molecular flexibility index (Phi) is 7.23. The summed E-state index contributed by atoms with van der Waals surface area (Å²) in [5, 5.41) is 3.28. The van der Waals surface area contributed by atoms with Gasteiger partial charge < -0.3 is 15.1 Å². The highest BCUT2D eigenvalue weighted by molar-refractivity contribution is 5.79. The highest BCUT2D eigenvalue weighted by atomic mass is 16.6. The predicted octanol–water partition coefficient (Wildman–Crippen LogP) is 0.894. The Balaban J connectivity index is 0.000000771. The number of hydrogen-bond donors (Lipinski definition) is 2. The third-order valence-corrected chi connectivity index (χ3v) is 3.63. The summed E-state index contributed by atoms with van der Waals surface area (Å²) in [5.41, 5.74) is 0. The van der Waals surface area contributed by atoms with E-state index in [-0.39, 0.29) is 12.0 Å². The Labute approximate surface area is 110 Å². The van der Waals surface area contributed by atoms with E-state index in [9.17, 15) is 4.79 Å². The van der Waals surface area contributed by atoms with Gasteiger partial charge in [-0.2, -0.15) is 0 Å². The van der Waals surface area contributed by atoms with Crippen LogP contribution in [0.25, 0.3) is 0 Å². The van der Waals surface area contributed by atoms with Crippen molar-refractivity contribution in [2.75, 3.05) is 26.2 Å². The van der Waals surface area contributed by atoms with Gasteiger partial charge in [0.1, 0.15) is 0 Å². The van der Waals surface area contributed by atoms with Crippen molar-refractivity contribution in [1.82, 2.24) is 10.2 Å². The van der Waals surface area contributed by atoms with Crippen molar-refractivity contribution in [3.05, 3.63) is 0 Å². The second-order valence-corrected chi connectivity index (χ2v) is 4.69. The molecule has 106 valence electrons. The summed E-state index contributed by atoms with van der Waals surface area (Å²) in [6, 6.07) is 0. The first-order valence-electron chi connectivity index (χ1n) is 7.16. The van der Waals surface area contributed by atoms with Crippen LogP contribution in [0.3, 0.4) is 0 Å². The molecule has 5 nitrogen and oxygen atoms in total. The number of nitrogens with one attached hydrogen (secondary N) is 1. The Bertz CT molecular complexity index is 234. The van der Waals surface area contributed by atoms with Crippen LogP contribution >= 0.6 is 0 Å². The van der Waals surface area contributed by atoms with Crippen LogP contribution in [0.2, 0.25) is 0 Å². The molecular weight excluding hydrogens is 230 g/mol. The van der Waals surface area contributed by atoms with E-state index in [0.717, 1.165) is 51.9 Å². The minimum Gasteiger partial charge on any atom is -0.342 e. The molecule has 0 aromatic heterocycles. The minimum atomic E-state index is 0.136. The monoisotopic (exact) mass is 257 g/mol. The summed E-state index contributed by atoms with van der Waals surface area (Å²) in [7, 11) is 0. The molecule has 2 rings (SSSR count). The lowest BCUT2D eigenvalue weighted by Gasteiger charge is -2.34. The molecule has 2 saturated heterocycles. The van der Waals surface area contributed by atoms with Crippen LogP contribution in [0.1, 0.15) is 39.5 Å². The molecule has 1 amide bonds. The number of piperidine rings is 2. The largest absolute Gasteiger partial charge is 0.342 e. The summed E-state index contributed by atoms with van der Waals surface area (Å²) in [6.45, 7) is 7.53. The molecule has 0 atom stereocenters. The number of rotatable bonds is 2. The summed E-state index contributed by atoms with van der Waals surface area (Å²) in [4.78, 5) is 19.0. The molecule has 2 aliphatic rings. The molecule has 2 aliphatic heterocycles. The van der Waals surface area contributed by atoms with Gasteiger partial charge in [-0.3, -0.25) is 4.79 Å². The average Bonchev–Trinajstić information content (AvgIpc) is 2.49. The molecule has 0 bridgehead atoms. The number of carbonyl (C=O) groups excluding carboxylic acids is 1. The lowest BCUT2D eigenvalue weighted by atomic mass is 9.95. The first-order valence-corrected chi connectivity index (χ1v) is 7.16. The first-order chi connectivity index (χ1) is 8.81. The fraction of sp³-hybridized carbons (Fsp3) is 0.923. The van der Waals surface area contributed by atoms with Gasteiger partial charge in [-0.15, -0.1) is 0 Å². The smallest absolute Gasteiger partial charge is 0.225 e. The maximum atomic E-state index is 12.2. The van der Waals surface area contributed by atoms with Gasteiger partial charge in [0, 0.05) is 19.0 Å². The van der Waals surface area contributed by atoms with Gasteiger partial charge in [0.25, 0.3) is 0 Å². The Morgan fingerprint density at radius 3 is 2.22 bits per heavy atom. The topological polar surface area (TPSA) is 67.6 Å². The molecule has 18 heavy (non-hydrogen) atoms. The molecule has 0 spiro atoms. The van der Waals surface area contributed by atoms with Crippen molar-refractivity contribution in [3.63, 3.8) is 0 Å². The Hall–Kier alpha value is -0.650. The van der Waals surface area contributed by atoms with Crippen LogP contribution in [-0.4, -0.2) is 43.1 Å². The molecule has 0 radical (unpaired) electrons. The third-order valence-electron chi connectivity index (χ3n) is 3.63. The maximum Gasteiger partial charge on any atom is 0.225 e. The van der Waals surface area contributed by atoms with Crippen molar-refractivity contribution in [2.45, 2.75) is 45.6 Å². The van der Waals surface area contributed by atoms with Crippen LogP contribution in [0.5, 0.6) is 0 Å². The number of nitrogens with two attached hydrogens (primary N) is 1. The van der Waals surface area contributed by atoms with Crippen LogP contribution in [0.15, 0.2) is 0 Å². The highest BCUT2D eigenvalue weighted by Crippen LogP contribution is 2.19. The fourth-order valence-electron chi connectivity index (χ4n) is 2.54. The maximum absolute atomic E-state index is 12.2. The van der Waals surface area contributed by atoms with E-state index in [1.54, 1.807) is 0 Å². The molecule has 0 saturated carbocycles. The average molecular weight is 257 g/mol. The lowest BCUT2D eigenvalue weighted by Crippen LogP contribution is -2.46. The van der Waals surface area contributed by atoms with Crippen molar-refractivity contribution in [2.24, 2.45) is 11.8 Å². The zero-order chi connectivity index (χ0) is 13.4. The number of amides is 1.